The second-order valence-electron chi connectivity index (χ2n) is 5.80. The summed E-state index contributed by atoms with van der Waals surface area (Å²) < 4.78 is 6.50. The number of carbonyl (C=O) groups excluding carboxylic acids is 2. The molecule has 0 spiro atoms. The van der Waals surface area contributed by atoms with Gasteiger partial charge in [0, 0.05) is 6.04 Å². The normalized spacial score (nSPS) is 15.5. The van der Waals surface area contributed by atoms with E-state index in [1.165, 1.54) is 11.1 Å². The van der Waals surface area contributed by atoms with Gasteiger partial charge in [-0.15, -0.1) is 5.10 Å². The molecule has 0 radical (unpaired) electrons. The maximum atomic E-state index is 11.9. The van der Waals surface area contributed by atoms with Crippen molar-refractivity contribution < 1.29 is 14.3 Å². The predicted molar refractivity (Wildman–Crippen MR) is 83.5 cm³/mol. The van der Waals surface area contributed by atoms with Crippen LogP contribution in [0.2, 0.25) is 0 Å². The van der Waals surface area contributed by atoms with Gasteiger partial charge in [-0.1, -0.05) is 36.6 Å². The Bertz CT molecular complexity index is 691. The zero-order chi connectivity index (χ0) is 16.1. The van der Waals surface area contributed by atoms with Crippen LogP contribution >= 0.6 is 0 Å². The first kappa shape index (κ1) is 15.5. The molecule has 2 aromatic rings. The molecule has 122 valence electrons. The van der Waals surface area contributed by atoms with Gasteiger partial charge in [-0.25, -0.2) is 4.68 Å². The third kappa shape index (κ3) is 4.06. The van der Waals surface area contributed by atoms with Crippen molar-refractivity contribution in [2.75, 3.05) is 6.61 Å². The van der Waals surface area contributed by atoms with E-state index < -0.39 is 5.97 Å². The number of nitrogens with one attached hydrogen (secondary N) is 1. The van der Waals surface area contributed by atoms with Crippen LogP contribution in [0.1, 0.15) is 32.1 Å². The Balaban J connectivity index is 1.46. The molecule has 0 atom stereocenters. The minimum absolute atomic E-state index is 0.0583. The Kier molecular flexibility index (Phi) is 4.85. The van der Waals surface area contributed by atoms with Crippen molar-refractivity contribution in [3.05, 3.63) is 24.3 Å². The van der Waals surface area contributed by atoms with Crippen LogP contribution < -0.4 is 5.32 Å². The van der Waals surface area contributed by atoms with E-state index >= 15 is 0 Å². The number of hydrogen-bond donors (Lipinski definition) is 1. The summed E-state index contributed by atoms with van der Waals surface area (Å²) in [5, 5.41) is 10.8. The highest BCUT2D eigenvalue weighted by molar-refractivity contribution is 5.81. The first-order valence-corrected chi connectivity index (χ1v) is 7.95. The molecule has 0 unspecified atom stereocenters. The molecule has 1 aromatic carbocycles. The van der Waals surface area contributed by atoms with Crippen molar-refractivity contribution >= 4 is 22.9 Å². The van der Waals surface area contributed by atoms with Gasteiger partial charge in [0.1, 0.15) is 12.1 Å². The molecule has 7 nitrogen and oxygen atoms in total. The van der Waals surface area contributed by atoms with Crippen molar-refractivity contribution in [2.45, 2.75) is 44.7 Å². The zero-order valence-electron chi connectivity index (χ0n) is 12.9. The Morgan fingerprint density at radius 1 is 1.22 bits per heavy atom. The Morgan fingerprint density at radius 3 is 2.83 bits per heavy atom. The quantitative estimate of drug-likeness (QED) is 0.843. The van der Waals surface area contributed by atoms with Crippen LogP contribution in [0.3, 0.4) is 0 Å². The van der Waals surface area contributed by atoms with E-state index in [9.17, 15) is 9.59 Å². The molecule has 1 aliphatic carbocycles. The Labute approximate surface area is 134 Å². The standard InChI is InChI=1S/C16H20N4O3/c21-15(17-12-6-2-1-3-7-12)11-23-16(22)10-20-14-9-5-4-8-13(14)18-19-20/h4-5,8-9,12H,1-3,6-7,10-11H2,(H,17,21). The zero-order valence-corrected chi connectivity index (χ0v) is 12.9. The first-order chi connectivity index (χ1) is 11.2. The van der Waals surface area contributed by atoms with E-state index in [1.807, 2.05) is 24.3 Å². The lowest BCUT2D eigenvalue weighted by molar-refractivity contribution is -0.149. The highest BCUT2D eigenvalue weighted by Gasteiger charge is 2.17. The minimum Gasteiger partial charge on any atom is -0.454 e. The maximum absolute atomic E-state index is 11.9. The third-order valence-electron chi connectivity index (χ3n) is 4.03. The van der Waals surface area contributed by atoms with Gasteiger partial charge in [0.15, 0.2) is 6.61 Å². The number of amides is 1. The number of esters is 1. The van der Waals surface area contributed by atoms with Gasteiger partial charge in [0.2, 0.25) is 0 Å². The number of ether oxygens (including phenoxy) is 1. The van der Waals surface area contributed by atoms with Crippen molar-refractivity contribution in [1.82, 2.24) is 20.3 Å². The molecule has 1 N–H and O–H groups in total. The fourth-order valence-corrected chi connectivity index (χ4v) is 2.86. The number of hydrogen-bond acceptors (Lipinski definition) is 5. The summed E-state index contributed by atoms with van der Waals surface area (Å²) in [4.78, 5) is 23.7. The average molecular weight is 316 g/mol. The second kappa shape index (κ2) is 7.21. The summed E-state index contributed by atoms with van der Waals surface area (Å²) in [6, 6.07) is 7.58. The molecular formula is C16H20N4O3. The summed E-state index contributed by atoms with van der Waals surface area (Å²) in [6.07, 6.45) is 5.52. The van der Waals surface area contributed by atoms with Crippen LogP contribution in [-0.4, -0.2) is 39.5 Å². The highest BCUT2D eigenvalue weighted by Crippen LogP contribution is 2.17. The number of benzene rings is 1. The molecule has 3 rings (SSSR count). The summed E-state index contributed by atoms with van der Waals surface area (Å²) in [6.45, 7) is -0.306. The van der Waals surface area contributed by atoms with Gasteiger partial charge in [-0.3, -0.25) is 9.59 Å². The maximum Gasteiger partial charge on any atom is 0.328 e. The number of para-hydroxylation sites is 1. The number of aromatic nitrogens is 3. The molecule has 1 amide bonds. The van der Waals surface area contributed by atoms with Crippen LogP contribution in [0.15, 0.2) is 24.3 Å². The van der Waals surface area contributed by atoms with Crippen molar-refractivity contribution in [3.63, 3.8) is 0 Å². The average Bonchev–Trinajstić information content (AvgIpc) is 2.97. The van der Waals surface area contributed by atoms with Crippen LogP contribution in [0.25, 0.3) is 11.0 Å². The summed E-state index contributed by atoms with van der Waals surface area (Å²) in [5.74, 6) is -0.742. The van der Waals surface area contributed by atoms with E-state index in [0.717, 1.165) is 36.7 Å². The molecule has 0 aliphatic heterocycles. The van der Waals surface area contributed by atoms with Gasteiger partial charge in [-0.05, 0) is 25.0 Å². The summed E-state index contributed by atoms with van der Waals surface area (Å²) in [5.41, 5.74) is 1.48. The van der Waals surface area contributed by atoms with E-state index in [4.69, 9.17) is 4.74 Å². The van der Waals surface area contributed by atoms with Gasteiger partial charge in [-0.2, -0.15) is 0 Å². The molecule has 1 aliphatic rings. The topological polar surface area (TPSA) is 86.1 Å². The third-order valence-corrected chi connectivity index (χ3v) is 4.03. The SMILES string of the molecule is O=C(COC(=O)Cn1nnc2ccccc21)NC1CCCCC1. The van der Waals surface area contributed by atoms with Gasteiger partial charge < -0.3 is 10.1 Å². The number of nitrogens with zero attached hydrogens (tertiary/aromatic N) is 3. The van der Waals surface area contributed by atoms with Crippen LogP contribution in [0.4, 0.5) is 0 Å². The van der Waals surface area contributed by atoms with Gasteiger partial charge in [0.05, 0.1) is 5.52 Å². The Hall–Kier alpha value is -2.44. The van der Waals surface area contributed by atoms with Crippen molar-refractivity contribution in [3.8, 4) is 0 Å². The van der Waals surface area contributed by atoms with E-state index in [0.29, 0.717) is 0 Å². The van der Waals surface area contributed by atoms with E-state index in [2.05, 4.69) is 15.6 Å². The molecule has 1 heterocycles. The summed E-state index contributed by atoms with van der Waals surface area (Å²) in [7, 11) is 0. The van der Waals surface area contributed by atoms with Gasteiger partial charge >= 0.3 is 5.97 Å². The molecule has 7 heteroatoms. The van der Waals surface area contributed by atoms with Crippen LogP contribution in [0.5, 0.6) is 0 Å². The monoisotopic (exact) mass is 316 g/mol. The largest absolute Gasteiger partial charge is 0.454 e. The molecular weight excluding hydrogens is 296 g/mol. The van der Waals surface area contributed by atoms with Gasteiger partial charge in [0.25, 0.3) is 5.91 Å². The lowest BCUT2D eigenvalue weighted by atomic mass is 9.95. The van der Waals surface area contributed by atoms with Crippen LogP contribution in [-0.2, 0) is 20.9 Å². The first-order valence-electron chi connectivity index (χ1n) is 7.95. The van der Waals surface area contributed by atoms with Crippen molar-refractivity contribution in [1.29, 1.82) is 0 Å². The second-order valence-corrected chi connectivity index (χ2v) is 5.80. The van der Waals surface area contributed by atoms with Crippen LogP contribution in [0, 0.1) is 0 Å². The van der Waals surface area contributed by atoms with E-state index in [-0.39, 0.29) is 25.1 Å². The molecule has 1 aromatic heterocycles. The highest BCUT2D eigenvalue weighted by atomic mass is 16.5. The smallest absolute Gasteiger partial charge is 0.328 e. The number of fused-ring (bicyclic) bond motifs is 1. The number of carbonyl (C=O) groups is 2. The predicted octanol–water partition coefficient (Wildman–Crippen LogP) is 1.42. The fourth-order valence-electron chi connectivity index (χ4n) is 2.86. The lowest BCUT2D eigenvalue weighted by Crippen LogP contribution is -2.39. The van der Waals surface area contributed by atoms with E-state index in [1.54, 1.807) is 0 Å². The number of rotatable bonds is 5. The van der Waals surface area contributed by atoms with Crippen molar-refractivity contribution in [2.24, 2.45) is 0 Å². The molecule has 0 saturated heterocycles. The fraction of sp³-hybridized carbons (Fsp3) is 0.500. The molecule has 1 saturated carbocycles. The Morgan fingerprint density at radius 2 is 2.00 bits per heavy atom. The lowest BCUT2D eigenvalue weighted by Gasteiger charge is -2.22. The molecule has 1 fully saturated rings. The molecule has 23 heavy (non-hydrogen) atoms. The minimum atomic E-state index is -0.501. The summed E-state index contributed by atoms with van der Waals surface area (Å²) >= 11 is 0. The molecule has 0 bridgehead atoms.